The Morgan fingerprint density at radius 2 is 1.78 bits per heavy atom. The maximum absolute atomic E-state index is 15.0. The van der Waals surface area contributed by atoms with Crippen LogP contribution in [0.2, 0.25) is 10.0 Å². The molecule has 2 amide bonds. The first-order valence-electron chi connectivity index (χ1n) is 14.0. The smallest absolute Gasteiger partial charge is 0.238 e. The van der Waals surface area contributed by atoms with Crippen molar-refractivity contribution in [2.75, 3.05) is 44.7 Å². The molecule has 6 nitrogen and oxygen atoms in total. The van der Waals surface area contributed by atoms with E-state index in [9.17, 15) is 14.0 Å². The summed E-state index contributed by atoms with van der Waals surface area (Å²) in [6.45, 7) is 6.20. The van der Waals surface area contributed by atoms with Gasteiger partial charge in [-0.25, -0.2) is 4.39 Å². The number of benzene rings is 3. The topological polar surface area (TPSA) is 61.9 Å². The van der Waals surface area contributed by atoms with Crippen molar-refractivity contribution in [1.29, 1.82) is 0 Å². The molecule has 1 spiro atoms. The highest BCUT2D eigenvalue weighted by molar-refractivity contribution is 6.31. The van der Waals surface area contributed by atoms with E-state index in [4.69, 9.17) is 27.9 Å². The van der Waals surface area contributed by atoms with Crippen LogP contribution in [0.4, 0.5) is 10.1 Å². The van der Waals surface area contributed by atoms with E-state index in [1.54, 1.807) is 24.3 Å². The van der Waals surface area contributed by atoms with E-state index in [1.807, 2.05) is 36.1 Å². The van der Waals surface area contributed by atoms with Crippen LogP contribution in [0, 0.1) is 12.7 Å². The van der Waals surface area contributed by atoms with Gasteiger partial charge in [0.1, 0.15) is 11.2 Å². The molecule has 3 aromatic rings. The molecule has 3 atom stereocenters. The third-order valence-electron chi connectivity index (χ3n) is 8.81. The van der Waals surface area contributed by atoms with Crippen LogP contribution in [-0.2, 0) is 19.7 Å². The van der Waals surface area contributed by atoms with Crippen LogP contribution >= 0.6 is 23.2 Å². The van der Waals surface area contributed by atoms with Gasteiger partial charge in [0.2, 0.25) is 11.8 Å². The fourth-order valence-corrected chi connectivity index (χ4v) is 7.32. The minimum atomic E-state index is -1.24. The molecule has 6 rings (SSSR count). The van der Waals surface area contributed by atoms with Crippen molar-refractivity contribution in [3.8, 4) is 0 Å². The monoisotopic (exact) mass is 595 g/mol. The van der Waals surface area contributed by atoms with E-state index in [2.05, 4.69) is 10.2 Å². The Bertz CT molecular complexity index is 1490. The van der Waals surface area contributed by atoms with Crippen LogP contribution in [0.25, 0.3) is 0 Å². The molecule has 214 valence electrons. The molecule has 2 fully saturated rings. The second kappa shape index (κ2) is 11.4. The van der Waals surface area contributed by atoms with Crippen LogP contribution in [-0.4, -0.2) is 61.0 Å². The zero-order valence-corrected chi connectivity index (χ0v) is 24.3. The van der Waals surface area contributed by atoms with Crippen molar-refractivity contribution in [3.05, 3.63) is 98.8 Å². The molecule has 0 saturated carbocycles. The summed E-state index contributed by atoms with van der Waals surface area (Å²) in [4.78, 5) is 32.8. The second-order valence-electron chi connectivity index (χ2n) is 11.1. The molecule has 41 heavy (non-hydrogen) atoms. The van der Waals surface area contributed by atoms with Crippen molar-refractivity contribution in [3.63, 3.8) is 0 Å². The van der Waals surface area contributed by atoms with E-state index >= 15 is 0 Å². The van der Waals surface area contributed by atoms with Gasteiger partial charge in [0.25, 0.3) is 0 Å². The first-order valence-corrected chi connectivity index (χ1v) is 14.8. The van der Waals surface area contributed by atoms with Crippen LogP contribution in [0.1, 0.15) is 47.1 Å². The summed E-state index contributed by atoms with van der Waals surface area (Å²) in [7, 11) is 0. The molecule has 2 saturated heterocycles. The quantitative estimate of drug-likeness (QED) is 0.373. The number of aryl methyl sites for hydroxylation is 1. The SMILES string of the molecule is Cc1ccc(F)cc1[C@H]1N(CCCN2CCOCC2)C(=O)C[C@@H](c2cccc(Cl)c2)[C@]12C(=O)Nc1cc(Cl)ccc12. The summed E-state index contributed by atoms with van der Waals surface area (Å²) >= 11 is 12.8. The number of amides is 2. The number of nitrogens with one attached hydrogen (secondary N) is 1. The molecular formula is C32H32Cl2FN3O3. The number of carbonyl (C=O) groups excluding carboxylic acids is 2. The maximum atomic E-state index is 15.0. The second-order valence-corrected chi connectivity index (χ2v) is 12.0. The van der Waals surface area contributed by atoms with Gasteiger partial charge < -0.3 is 15.0 Å². The minimum Gasteiger partial charge on any atom is -0.379 e. The standard InChI is InChI=1S/C32H32Cl2FN3O3/c1-20-6-8-24(35)18-25(20)30-32(26-9-7-23(34)17-28(26)36-31(32)40)27(21-4-2-5-22(33)16-21)19-29(39)38(30)11-3-10-37-12-14-41-15-13-37/h2,4-9,16-18,27,30H,3,10-15,19H2,1H3,(H,36,40)/t27-,30+,32-/m0/s1. The van der Waals surface area contributed by atoms with E-state index in [1.165, 1.54) is 12.1 Å². The van der Waals surface area contributed by atoms with Gasteiger partial charge >= 0.3 is 0 Å². The van der Waals surface area contributed by atoms with E-state index in [0.29, 0.717) is 47.5 Å². The van der Waals surface area contributed by atoms with Gasteiger partial charge in [-0.05, 0) is 72.0 Å². The van der Waals surface area contributed by atoms with Gasteiger partial charge in [0, 0.05) is 54.3 Å². The molecule has 0 aromatic heterocycles. The Labute approximate surface area is 249 Å². The largest absolute Gasteiger partial charge is 0.379 e. The summed E-state index contributed by atoms with van der Waals surface area (Å²) < 4.78 is 20.4. The molecule has 9 heteroatoms. The van der Waals surface area contributed by atoms with Crippen molar-refractivity contribution < 1.29 is 18.7 Å². The number of carbonyl (C=O) groups is 2. The molecule has 0 aliphatic carbocycles. The summed E-state index contributed by atoms with van der Waals surface area (Å²) in [6, 6.07) is 16.6. The predicted octanol–water partition coefficient (Wildman–Crippen LogP) is 6.11. The normalized spacial score (nSPS) is 24.5. The summed E-state index contributed by atoms with van der Waals surface area (Å²) in [6.07, 6.45) is 0.821. The predicted molar refractivity (Wildman–Crippen MR) is 158 cm³/mol. The number of piperidine rings is 1. The fourth-order valence-electron chi connectivity index (χ4n) is 6.95. The van der Waals surface area contributed by atoms with Gasteiger partial charge in [-0.15, -0.1) is 0 Å². The zero-order valence-electron chi connectivity index (χ0n) is 22.8. The number of halogens is 3. The van der Waals surface area contributed by atoms with Gasteiger partial charge in [0.05, 0.1) is 19.3 Å². The lowest BCUT2D eigenvalue weighted by Crippen LogP contribution is -2.58. The Hall–Kier alpha value is -2.97. The lowest BCUT2D eigenvalue weighted by atomic mass is 9.58. The average molecular weight is 597 g/mol. The summed E-state index contributed by atoms with van der Waals surface area (Å²) in [5.41, 5.74) is 2.33. The Morgan fingerprint density at radius 1 is 1.00 bits per heavy atom. The molecule has 0 radical (unpaired) electrons. The van der Waals surface area contributed by atoms with Crippen molar-refractivity contribution in [2.45, 2.75) is 37.1 Å². The number of rotatable bonds is 6. The maximum Gasteiger partial charge on any atom is 0.238 e. The van der Waals surface area contributed by atoms with Crippen molar-refractivity contribution >= 4 is 40.7 Å². The lowest BCUT2D eigenvalue weighted by Gasteiger charge is -2.52. The highest BCUT2D eigenvalue weighted by Crippen LogP contribution is 2.60. The fraction of sp³-hybridized carbons (Fsp3) is 0.375. The Morgan fingerprint density at radius 3 is 2.56 bits per heavy atom. The van der Waals surface area contributed by atoms with Crippen molar-refractivity contribution in [2.24, 2.45) is 0 Å². The van der Waals surface area contributed by atoms with Gasteiger partial charge in [-0.1, -0.05) is 47.5 Å². The molecule has 3 aliphatic heterocycles. The molecule has 0 bridgehead atoms. The number of likely N-dealkylation sites (tertiary alicyclic amines) is 1. The Balaban J connectivity index is 1.54. The first-order chi connectivity index (χ1) is 19.8. The van der Waals surface area contributed by atoms with E-state index in [-0.39, 0.29) is 18.2 Å². The highest BCUT2D eigenvalue weighted by Gasteiger charge is 2.63. The van der Waals surface area contributed by atoms with Gasteiger partial charge in [0.15, 0.2) is 0 Å². The number of anilines is 1. The third-order valence-corrected chi connectivity index (χ3v) is 9.28. The summed E-state index contributed by atoms with van der Waals surface area (Å²) in [5, 5.41) is 4.09. The number of nitrogens with zero attached hydrogens (tertiary/aromatic N) is 2. The van der Waals surface area contributed by atoms with Crippen LogP contribution in [0.3, 0.4) is 0 Å². The molecule has 3 heterocycles. The van der Waals surface area contributed by atoms with E-state index in [0.717, 1.165) is 36.3 Å². The zero-order chi connectivity index (χ0) is 28.7. The van der Waals surface area contributed by atoms with Crippen LogP contribution in [0.5, 0.6) is 0 Å². The Kier molecular flexibility index (Phi) is 7.81. The summed E-state index contributed by atoms with van der Waals surface area (Å²) in [5.74, 6) is -1.27. The van der Waals surface area contributed by atoms with Crippen LogP contribution < -0.4 is 5.32 Å². The number of hydrogen-bond donors (Lipinski definition) is 1. The van der Waals surface area contributed by atoms with Gasteiger partial charge in [-0.2, -0.15) is 0 Å². The molecular weight excluding hydrogens is 564 g/mol. The third kappa shape index (κ3) is 5.03. The molecule has 3 aliphatic rings. The lowest BCUT2D eigenvalue weighted by molar-refractivity contribution is -0.145. The van der Waals surface area contributed by atoms with Crippen molar-refractivity contribution in [1.82, 2.24) is 9.80 Å². The van der Waals surface area contributed by atoms with E-state index < -0.39 is 23.2 Å². The number of ether oxygens (including phenoxy) is 1. The molecule has 1 N–H and O–H groups in total. The molecule has 3 aromatic carbocycles. The van der Waals surface area contributed by atoms with Gasteiger partial charge in [-0.3, -0.25) is 14.5 Å². The first kappa shape index (κ1) is 28.2. The number of morpholine rings is 1. The number of hydrogen-bond acceptors (Lipinski definition) is 4. The number of fused-ring (bicyclic) bond motifs is 2. The molecule has 0 unspecified atom stereocenters. The van der Waals surface area contributed by atoms with Crippen LogP contribution in [0.15, 0.2) is 60.7 Å². The highest BCUT2D eigenvalue weighted by atomic mass is 35.5. The average Bonchev–Trinajstić information content (AvgIpc) is 3.23. The minimum absolute atomic E-state index is 0.0774.